The first-order chi connectivity index (χ1) is 7.56. The molecular formula is C12H20N2O2. The Morgan fingerprint density at radius 1 is 1.56 bits per heavy atom. The van der Waals surface area contributed by atoms with Crippen LogP contribution < -0.4 is 0 Å². The predicted molar refractivity (Wildman–Crippen MR) is 63.2 cm³/mol. The van der Waals surface area contributed by atoms with Crippen LogP contribution in [0.3, 0.4) is 0 Å². The van der Waals surface area contributed by atoms with Gasteiger partial charge in [0, 0.05) is 19.4 Å². The SMILES string of the molecule is CC(C)CC(CO)N(C)C(=O)c1cc[nH]c1. The maximum absolute atomic E-state index is 12.0. The van der Waals surface area contributed by atoms with Crippen molar-refractivity contribution in [3.8, 4) is 0 Å². The lowest BCUT2D eigenvalue weighted by atomic mass is 10.0. The highest BCUT2D eigenvalue weighted by Crippen LogP contribution is 2.12. The van der Waals surface area contributed by atoms with Gasteiger partial charge in [0.05, 0.1) is 18.2 Å². The number of nitrogens with one attached hydrogen (secondary N) is 1. The number of amides is 1. The van der Waals surface area contributed by atoms with E-state index < -0.39 is 0 Å². The first-order valence-corrected chi connectivity index (χ1v) is 5.57. The second kappa shape index (κ2) is 5.70. The quantitative estimate of drug-likeness (QED) is 0.796. The molecule has 1 aromatic heterocycles. The van der Waals surface area contributed by atoms with Crippen molar-refractivity contribution in [2.75, 3.05) is 13.7 Å². The van der Waals surface area contributed by atoms with E-state index in [1.807, 2.05) is 0 Å². The summed E-state index contributed by atoms with van der Waals surface area (Å²) >= 11 is 0. The molecule has 0 aromatic carbocycles. The van der Waals surface area contributed by atoms with Crippen molar-refractivity contribution in [1.82, 2.24) is 9.88 Å². The second-order valence-corrected chi connectivity index (χ2v) is 4.48. The van der Waals surface area contributed by atoms with Gasteiger partial charge in [-0.2, -0.15) is 0 Å². The Kier molecular flexibility index (Phi) is 4.55. The van der Waals surface area contributed by atoms with Crippen LogP contribution in [0.1, 0.15) is 30.6 Å². The van der Waals surface area contributed by atoms with Crippen LogP contribution in [0.15, 0.2) is 18.5 Å². The van der Waals surface area contributed by atoms with Gasteiger partial charge in [0.15, 0.2) is 0 Å². The fraction of sp³-hybridized carbons (Fsp3) is 0.583. The number of aliphatic hydroxyl groups excluding tert-OH is 1. The highest BCUT2D eigenvalue weighted by molar-refractivity contribution is 5.94. The molecule has 90 valence electrons. The zero-order valence-electron chi connectivity index (χ0n) is 10.1. The number of hydrogen-bond donors (Lipinski definition) is 2. The topological polar surface area (TPSA) is 56.3 Å². The van der Waals surface area contributed by atoms with Crippen LogP contribution in [0, 0.1) is 5.92 Å². The highest BCUT2D eigenvalue weighted by atomic mass is 16.3. The fourth-order valence-electron chi connectivity index (χ4n) is 1.73. The maximum Gasteiger partial charge on any atom is 0.255 e. The van der Waals surface area contributed by atoms with Crippen molar-refractivity contribution < 1.29 is 9.90 Å². The number of aromatic nitrogens is 1. The van der Waals surface area contributed by atoms with E-state index in [-0.39, 0.29) is 18.6 Å². The molecule has 0 aliphatic rings. The van der Waals surface area contributed by atoms with E-state index in [1.54, 1.807) is 30.4 Å². The van der Waals surface area contributed by atoms with Gasteiger partial charge in [-0.3, -0.25) is 4.79 Å². The monoisotopic (exact) mass is 224 g/mol. The first kappa shape index (κ1) is 12.8. The summed E-state index contributed by atoms with van der Waals surface area (Å²) in [7, 11) is 1.73. The summed E-state index contributed by atoms with van der Waals surface area (Å²) in [4.78, 5) is 16.4. The molecule has 2 N–H and O–H groups in total. The standard InChI is InChI=1S/C12H20N2O2/c1-9(2)6-11(8-15)14(3)12(16)10-4-5-13-7-10/h4-5,7,9,11,13,15H,6,8H2,1-3H3. The molecule has 0 saturated carbocycles. The van der Waals surface area contributed by atoms with E-state index in [2.05, 4.69) is 18.8 Å². The summed E-state index contributed by atoms with van der Waals surface area (Å²) in [5.41, 5.74) is 0.629. The van der Waals surface area contributed by atoms with Gasteiger partial charge in [-0.05, 0) is 18.4 Å². The summed E-state index contributed by atoms with van der Waals surface area (Å²) in [5.74, 6) is 0.402. The molecule has 0 bridgehead atoms. The highest BCUT2D eigenvalue weighted by Gasteiger charge is 2.21. The Morgan fingerprint density at radius 2 is 2.25 bits per heavy atom. The Hall–Kier alpha value is -1.29. The lowest BCUT2D eigenvalue weighted by Gasteiger charge is -2.27. The third-order valence-electron chi connectivity index (χ3n) is 2.67. The number of likely N-dealkylation sites (N-methyl/N-ethyl adjacent to an activating group) is 1. The van der Waals surface area contributed by atoms with Gasteiger partial charge in [0.25, 0.3) is 5.91 Å². The predicted octanol–water partition coefficient (Wildman–Crippen LogP) is 1.49. The number of H-pyrrole nitrogens is 1. The van der Waals surface area contributed by atoms with Gasteiger partial charge in [-0.15, -0.1) is 0 Å². The third kappa shape index (κ3) is 3.10. The number of nitrogens with zero attached hydrogens (tertiary/aromatic N) is 1. The number of rotatable bonds is 5. The van der Waals surface area contributed by atoms with Gasteiger partial charge in [0.1, 0.15) is 0 Å². The summed E-state index contributed by atoms with van der Waals surface area (Å²) < 4.78 is 0. The lowest BCUT2D eigenvalue weighted by Crippen LogP contribution is -2.40. The number of hydrogen-bond acceptors (Lipinski definition) is 2. The molecule has 16 heavy (non-hydrogen) atoms. The minimum atomic E-state index is -0.109. The van der Waals surface area contributed by atoms with Gasteiger partial charge < -0.3 is 15.0 Å². The van der Waals surface area contributed by atoms with Crippen LogP contribution in [0.2, 0.25) is 0 Å². The number of aromatic amines is 1. The molecule has 0 spiro atoms. The number of aliphatic hydroxyl groups is 1. The Labute approximate surface area is 96.3 Å². The zero-order chi connectivity index (χ0) is 12.1. The minimum absolute atomic E-state index is 0.00480. The van der Waals surface area contributed by atoms with Crippen molar-refractivity contribution in [2.24, 2.45) is 5.92 Å². The molecule has 0 saturated heterocycles. The molecule has 1 amide bonds. The fourth-order valence-corrected chi connectivity index (χ4v) is 1.73. The zero-order valence-corrected chi connectivity index (χ0v) is 10.1. The van der Waals surface area contributed by atoms with Crippen molar-refractivity contribution >= 4 is 5.91 Å². The molecule has 4 heteroatoms. The minimum Gasteiger partial charge on any atom is -0.394 e. The molecule has 0 radical (unpaired) electrons. The summed E-state index contributed by atoms with van der Waals surface area (Å²) in [6.07, 6.45) is 4.20. The summed E-state index contributed by atoms with van der Waals surface area (Å²) in [6.45, 7) is 4.17. The van der Waals surface area contributed by atoms with Gasteiger partial charge in [-0.25, -0.2) is 0 Å². The Balaban J connectivity index is 2.68. The van der Waals surface area contributed by atoms with E-state index >= 15 is 0 Å². The first-order valence-electron chi connectivity index (χ1n) is 5.57. The van der Waals surface area contributed by atoms with Crippen LogP contribution in [-0.4, -0.2) is 40.6 Å². The molecular weight excluding hydrogens is 204 g/mol. The molecule has 1 heterocycles. The molecule has 1 rings (SSSR count). The second-order valence-electron chi connectivity index (χ2n) is 4.48. The Bertz CT molecular complexity index is 320. The normalized spacial score (nSPS) is 12.8. The van der Waals surface area contributed by atoms with Crippen molar-refractivity contribution in [1.29, 1.82) is 0 Å². The van der Waals surface area contributed by atoms with E-state index in [1.165, 1.54) is 0 Å². The molecule has 0 aliphatic carbocycles. The molecule has 1 aromatic rings. The van der Waals surface area contributed by atoms with Crippen molar-refractivity contribution in [3.05, 3.63) is 24.0 Å². The Morgan fingerprint density at radius 3 is 2.69 bits per heavy atom. The lowest BCUT2D eigenvalue weighted by molar-refractivity contribution is 0.0630. The third-order valence-corrected chi connectivity index (χ3v) is 2.67. The van der Waals surface area contributed by atoms with Gasteiger partial charge >= 0.3 is 0 Å². The van der Waals surface area contributed by atoms with Crippen LogP contribution in [-0.2, 0) is 0 Å². The maximum atomic E-state index is 12.0. The average Bonchev–Trinajstić information content (AvgIpc) is 2.76. The smallest absolute Gasteiger partial charge is 0.255 e. The molecule has 0 fully saturated rings. The van der Waals surface area contributed by atoms with E-state index in [4.69, 9.17) is 0 Å². The average molecular weight is 224 g/mol. The van der Waals surface area contributed by atoms with E-state index in [0.29, 0.717) is 11.5 Å². The molecule has 0 aliphatic heterocycles. The molecule has 1 unspecified atom stereocenters. The van der Waals surface area contributed by atoms with E-state index in [9.17, 15) is 9.90 Å². The van der Waals surface area contributed by atoms with Gasteiger partial charge in [0.2, 0.25) is 0 Å². The summed E-state index contributed by atoms with van der Waals surface area (Å²) in [6, 6.07) is 1.63. The van der Waals surface area contributed by atoms with Crippen LogP contribution >= 0.6 is 0 Å². The summed E-state index contributed by atoms with van der Waals surface area (Å²) in [5, 5.41) is 9.29. The molecule has 4 nitrogen and oxygen atoms in total. The van der Waals surface area contributed by atoms with Crippen LogP contribution in [0.4, 0.5) is 0 Å². The van der Waals surface area contributed by atoms with Crippen LogP contribution in [0.25, 0.3) is 0 Å². The van der Waals surface area contributed by atoms with Gasteiger partial charge in [-0.1, -0.05) is 13.8 Å². The van der Waals surface area contributed by atoms with Crippen molar-refractivity contribution in [2.45, 2.75) is 26.3 Å². The number of carbonyl (C=O) groups is 1. The largest absolute Gasteiger partial charge is 0.394 e. The van der Waals surface area contributed by atoms with Crippen molar-refractivity contribution in [3.63, 3.8) is 0 Å². The number of carbonyl (C=O) groups excluding carboxylic acids is 1. The van der Waals surface area contributed by atoms with Crippen LogP contribution in [0.5, 0.6) is 0 Å². The molecule has 1 atom stereocenters. The van der Waals surface area contributed by atoms with E-state index in [0.717, 1.165) is 6.42 Å².